The maximum absolute atomic E-state index is 12.3. The van der Waals surface area contributed by atoms with Crippen molar-refractivity contribution < 1.29 is 4.79 Å². The molecule has 110 valence electrons. The monoisotopic (exact) mass is 290 g/mol. The summed E-state index contributed by atoms with van der Waals surface area (Å²) in [7, 11) is 0. The number of carbonyl (C=O) groups excluding carboxylic acids is 1. The van der Waals surface area contributed by atoms with Crippen LogP contribution < -0.4 is 5.32 Å². The van der Waals surface area contributed by atoms with E-state index in [9.17, 15) is 4.79 Å². The zero-order valence-corrected chi connectivity index (χ0v) is 12.4. The molecule has 0 bridgehead atoms. The normalized spacial score (nSPS) is 13.0. The number of amides is 1. The van der Waals surface area contributed by atoms with E-state index in [4.69, 9.17) is 5.26 Å². The highest BCUT2D eigenvalue weighted by Gasteiger charge is 2.12. The van der Waals surface area contributed by atoms with Gasteiger partial charge in [-0.05, 0) is 66.6 Å². The van der Waals surface area contributed by atoms with Crippen molar-refractivity contribution in [3.05, 3.63) is 70.3 Å². The molecule has 2 aromatic rings. The minimum absolute atomic E-state index is 0.0595. The van der Waals surface area contributed by atoms with Gasteiger partial charge < -0.3 is 5.32 Å². The average Bonchev–Trinajstić information content (AvgIpc) is 2.59. The van der Waals surface area contributed by atoms with Gasteiger partial charge in [0.25, 0.3) is 5.91 Å². The summed E-state index contributed by atoms with van der Waals surface area (Å²) in [5.74, 6) is -0.0595. The van der Waals surface area contributed by atoms with E-state index in [1.807, 2.05) is 24.3 Å². The molecule has 0 saturated carbocycles. The molecule has 1 aliphatic carbocycles. The van der Waals surface area contributed by atoms with Crippen LogP contribution in [0.3, 0.4) is 0 Å². The number of hydrogen-bond donors (Lipinski definition) is 1. The van der Waals surface area contributed by atoms with Gasteiger partial charge in [-0.25, -0.2) is 0 Å². The van der Waals surface area contributed by atoms with E-state index in [0.717, 1.165) is 24.0 Å². The third-order valence-corrected chi connectivity index (χ3v) is 4.12. The van der Waals surface area contributed by atoms with Crippen LogP contribution in [0.2, 0.25) is 0 Å². The van der Waals surface area contributed by atoms with E-state index >= 15 is 0 Å². The first-order chi connectivity index (χ1) is 10.8. The van der Waals surface area contributed by atoms with Crippen LogP contribution in [0, 0.1) is 11.3 Å². The van der Waals surface area contributed by atoms with Crippen molar-refractivity contribution in [2.45, 2.75) is 32.2 Å². The summed E-state index contributed by atoms with van der Waals surface area (Å²) < 4.78 is 0. The number of hydrogen-bond acceptors (Lipinski definition) is 2. The number of rotatable bonds is 3. The molecule has 0 radical (unpaired) electrons. The van der Waals surface area contributed by atoms with Gasteiger partial charge in [0.1, 0.15) is 0 Å². The summed E-state index contributed by atoms with van der Waals surface area (Å²) in [4.78, 5) is 12.3. The first kappa shape index (κ1) is 14.3. The van der Waals surface area contributed by atoms with E-state index in [0.29, 0.717) is 12.1 Å². The van der Waals surface area contributed by atoms with Gasteiger partial charge in [-0.3, -0.25) is 4.79 Å². The molecule has 1 N–H and O–H groups in total. The standard InChI is InChI=1S/C19H18N2O/c20-12-14-4-3-5-15(10-14)13-21-19(22)18-9-8-16-6-1-2-7-17(16)11-18/h3-5,8-11H,1-2,6-7,13H2,(H,21,22). The molecule has 3 heteroatoms. The van der Waals surface area contributed by atoms with Gasteiger partial charge in [0.05, 0.1) is 11.6 Å². The largest absolute Gasteiger partial charge is 0.348 e. The van der Waals surface area contributed by atoms with Crippen molar-refractivity contribution in [1.82, 2.24) is 5.32 Å². The van der Waals surface area contributed by atoms with Crippen molar-refractivity contribution in [3.8, 4) is 6.07 Å². The Morgan fingerprint density at radius 2 is 1.91 bits per heavy atom. The smallest absolute Gasteiger partial charge is 0.251 e. The highest BCUT2D eigenvalue weighted by molar-refractivity contribution is 5.94. The number of carbonyl (C=O) groups is 1. The van der Waals surface area contributed by atoms with E-state index in [1.165, 1.54) is 24.0 Å². The zero-order valence-electron chi connectivity index (χ0n) is 12.4. The van der Waals surface area contributed by atoms with Crippen LogP contribution in [-0.4, -0.2) is 5.91 Å². The van der Waals surface area contributed by atoms with Gasteiger partial charge in [0.15, 0.2) is 0 Å². The van der Waals surface area contributed by atoms with Crippen molar-refractivity contribution in [3.63, 3.8) is 0 Å². The van der Waals surface area contributed by atoms with Gasteiger partial charge >= 0.3 is 0 Å². The Hall–Kier alpha value is -2.60. The third-order valence-electron chi connectivity index (χ3n) is 4.12. The van der Waals surface area contributed by atoms with Crippen molar-refractivity contribution in [1.29, 1.82) is 5.26 Å². The first-order valence-electron chi connectivity index (χ1n) is 7.65. The lowest BCUT2D eigenvalue weighted by molar-refractivity contribution is 0.0951. The van der Waals surface area contributed by atoms with E-state index in [1.54, 1.807) is 12.1 Å². The molecular formula is C19H18N2O. The lowest BCUT2D eigenvalue weighted by Gasteiger charge is -2.16. The molecule has 0 aromatic heterocycles. The number of benzene rings is 2. The van der Waals surface area contributed by atoms with E-state index in [-0.39, 0.29) is 5.91 Å². The average molecular weight is 290 g/mol. The van der Waals surface area contributed by atoms with Gasteiger partial charge in [0, 0.05) is 12.1 Å². The zero-order chi connectivity index (χ0) is 15.4. The molecule has 0 heterocycles. The molecule has 22 heavy (non-hydrogen) atoms. The van der Waals surface area contributed by atoms with Crippen LogP contribution in [-0.2, 0) is 19.4 Å². The third kappa shape index (κ3) is 3.17. The molecule has 2 aromatic carbocycles. The Morgan fingerprint density at radius 1 is 1.09 bits per heavy atom. The molecule has 1 aliphatic rings. The maximum atomic E-state index is 12.3. The number of nitrogens with zero attached hydrogens (tertiary/aromatic N) is 1. The number of fused-ring (bicyclic) bond motifs is 1. The van der Waals surface area contributed by atoms with Crippen LogP contribution in [0.15, 0.2) is 42.5 Å². The molecule has 0 aliphatic heterocycles. The highest BCUT2D eigenvalue weighted by Crippen LogP contribution is 2.22. The fraction of sp³-hybridized carbons (Fsp3) is 0.263. The number of nitrogens with one attached hydrogen (secondary N) is 1. The Balaban J connectivity index is 1.68. The molecule has 3 nitrogen and oxygen atoms in total. The molecule has 0 unspecified atom stereocenters. The minimum atomic E-state index is -0.0595. The molecule has 0 atom stereocenters. The van der Waals surface area contributed by atoms with Crippen LogP contribution in [0.25, 0.3) is 0 Å². The number of nitriles is 1. The second-order valence-corrected chi connectivity index (χ2v) is 5.69. The Kier molecular flexibility index (Phi) is 4.20. The summed E-state index contributed by atoms with van der Waals surface area (Å²) in [6, 6.07) is 15.4. The summed E-state index contributed by atoms with van der Waals surface area (Å²) in [5, 5.41) is 11.8. The second kappa shape index (κ2) is 6.44. The molecule has 3 rings (SSSR count). The van der Waals surface area contributed by atoms with Gasteiger partial charge in [-0.15, -0.1) is 0 Å². The highest BCUT2D eigenvalue weighted by atomic mass is 16.1. The van der Waals surface area contributed by atoms with Crippen molar-refractivity contribution >= 4 is 5.91 Å². The molecule has 0 spiro atoms. The number of aryl methyl sites for hydroxylation is 2. The molecular weight excluding hydrogens is 272 g/mol. The summed E-state index contributed by atoms with van der Waals surface area (Å²) in [6.45, 7) is 0.436. The second-order valence-electron chi connectivity index (χ2n) is 5.69. The maximum Gasteiger partial charge on any atom is 0.251 e. The quantitative estimate of drug-likeness (QED) is 0.942. The fourth-order valence-corrected chi connectivity index (χ4v) is 2.91. The first-order valence-corrected chi connectivity index (χ1v) is 7.65. The molecule has 1 amide bonds. The summed E-state index contributed by atoms with van der Waals surface area (Å²) in [6.07, 6.45) is 4.64. The predicted molar refractivity (Wildman–Crippen MR) is 85.4 cm³/mol. The van der Waals surface area contributed by atoms with Gasteiger partial charge in [-0.1, -0.05) is 18.2 Å². The van der Waals surface area contributed by atoms with E-state index < -0.39 is 0 Å². The predicted octanol–water partition coefficient (Wildman–Crippen LogP) is 3.37. The van der Waals surface area contributed by atoms with Crippen LogP contribution in [0.1, 0.15) is 45.5 Å². The van der Waals surface area contributed by atoms with Crippen LogP contribution in [0.4, 0.5) is 0 Å². The van der Waals surface area contributed by atoms with Crippen molar-refractivity contribution in [2.75, 3.05) is 0 Å². The molecule has 0 saturated heterocycles. The van der Waals surface area contributed by atoms with Gasteiger partial charge in [0.2, 0.25) is 0 Å². The van der Waals surface area contributed by atoms with E-state index in [2.05, 4.69) is 17.5 Å². The SMILES string of the molecule is N#Cc1cccc(CNC(=O)c2ccc3c(c2)CCCC3)c1. The molecule has 0 fully saturated rings. The van der Waals surface area contributed by atoms with Crippen molar-refractivity contribution in [2.24, 2.45) is 0 Å². The lowest BCUT2D eigenvalue weighted by atomic mass is 9.90. The van der Waals surface area contributed by atoms with Gasteiger partial charge in [-0.2, -0.15) is 5.26 Å². The Bertz CT molecular complexity index is 743. The Labute approximate surface area is 130 Å². The lowest BCUT2D eigenvalue weighted by Crippen LogP contribution is -2.23. The van der Waals surface area contributed by atoms with Crippen LogP contribution in [0.5, 0.6) is 0 Å². The fourth-order valence-electron chi connectivity index (χ4n) is 2.91. The Morgan fingerprint density at radius 3 is 2.73 bits per heavy atom. The van der Waals surface area contributed by atoms with Crippen LogP contribution >= 0.6 is 0 Å². The minimum Gasteiger partial charge on any atom is -0.348 e. The summed E-state index contributed by atoms with van der Waals surface area (Å²) >= 11 is 0. The summed E-state index contributed by atoms with van der Waals surface area (Å²) in [5.41, 5.74) is 4.96. The topological polar surface area (TPSA) is 52.9 Å².